The van der Waals surface area contributed by atoms with Gasteiger partial charge in [0.1, 0.15) is 5.78 Å². The Morgan fingerprint density at radius 1 is 1.27 bits per heavy atom. The second kappa shape index (κ2) is 11.5. The second-order valence-electron chi connectivity index (χ2n) is 6.40. The molecule has 4 nitrogen and oxygen atoms in total. The molecule has 0 amide bonds. The van der Waals surface area contributed by atoms with Crippen molar-refractivity contribution in [3.63, 3.8) is 0 Å². The molecule has 142 valence electrons. The van der Waals surface area contributed by atoms with E-state index in [1.807, 2.05) is 42.5 Å². The average Bonchev–Trinajstić information content (AvgIpc) is 2.97. The van der Waals surface area contributed by atoms with Crippen LogP contribution in [0.5, 0.6) is 0 Å². The van der Waals surface area contributed by atoms with Gasteiger partial charge in [-0.25, -0.2) is 0 Å². The molecule has 1 aromatic carbocycles. The van der Waals surface area contributed by atoms with Crippen molar-refractivity contribution >= 4 is 35.3 Å². The molecule has 3 unspecified atom stereocenters. The van der Waals surface area contributed by atoms with Crippen LogP contribution in [-0.4, -0.2) is 50.6 Å². The summed E-state index contributed by atoms with van der Waals surface area (Å²) in [6, 6.07) is 9.87. The number of carboxylic acids is 1. The molecule has 0 saturated heterocycles. The molecular formula is C20H26O4S2. The molecule has 6 heteroatoms. The van der Waals surface area contributed by atoms with Gasteiger partial charge in [0.05, 0.1) is 17.1 Å². The highest BCUT2D eigenvalue weighted by molar-refractivity contribution is 8.01. The molecule has 0 heterocycles. The van der Waals surface area contributed by atoms with Crippen LogP contribution in [0.4, 0.5) is 0 Å². The Hall–Kier alpha value is -1.24. The molecule has 0 spiro atoms. The number of aliphatic hydroxyl groups excluding tert-OH is 1. The lowest BCUT2D eigenvalue weighted by Crippen LogP contribution is -2.17. The Kier molecular flexibility index (Phi) is 9.29. The van der Waals surface area contributed by atoms with Crippen LogP contribution in [0.1, 0.15) is 24.8 Å². The number of rotatable bonds is 11. The van der Waals surface area contributed by atoms with E-state index in [4.69, 9.17) is 5.11 Å². The van der Waals surface area contributed by atoms with E-state index in [1.54, 1.807) is 11.8 Å². The summed E-state index contributed by atoms with van der Waals surface area (Å²) < 4.78 is 0. The van der Waals surface area contributed by atoms with Crippen LogP contribution in [0.15, 0.2) is 42.5 Å². The van der Waals surface area contributed by atoms with Crippen molar-refractivity contribution in [2.45, 2.75) is 37.0 Å². The van der Waals surface area contributed by atoms with E-state index in [2.05, 4.69) is 0 Å². The number of benzene rings is 1. The number of aliphatic hydroxyl groups is 1. The summed E-state index contributed by atoms with van der Waals surface area (Å²) in [5.74, 6) is 1.49. The fourth-order valence-electron chi connectivity index (χ4n) is 2.98. The molecular weight excluding hydrogens is 368 g/mol. The minimum Gasteiger partial charge on any atom is -0.481 e. The van der Waals surface area contributed by atoms with E-state index >= 15 is 0 Å². The highest BCUT2D eigenvalue weighted by Crippen LogP contribution is 2.34. The van der Waals surface area contributed by atoms with Crippen molar-refractivity contribution in [3.8, 4) is 0 Å². The summed E-state index contributed by atoms with van der Waals surface area (Å²) in [5, 5.41) is 18.8. The fraction of sp³-hybridized carbons (Fsp3) is 0.500. The molecule has 0 radical (unpaired) electrons. The van der Waals surface area contributed by atoms with Crippen molar-refractivity contribution in [2.24, 2.45) is 5.92 Å². The summed E-state index contributed by atoms with van der Waals surface area (Å²) in [6.07, 6.45) is 6.23. The van der Waals surface area contributed by atoms with Crippen LogP contribution in [0, 0.1) is 5.92 Å². The zero-order valence-corrected chi connectivity index (χ0v) is 16.4. The molecule has 1 aliphatic rings. The number of hydrogen-bond acceptors (Lipinski definition) is 5. The Labute approximate surface area is 163 Å². The molecule has 1 saturated carbocycles. The molecule has 2 rings (SSSR count). The zero-order valence-electron chi connectivity index (χ0n) is 14.8. The van der Waals surface area contributed by atoms with E-state index in [0.29, 0.717) is 18.6 Å². The number of Topliss-reactive ketones (excluding diaryl/α,β-unsaturated/α-hetero) is 1. The standard InChI is InChI=1S/C20H26O4S2/c21-17(13-15-5-2-1-3-6-15)9-7-16-8-10-18(22)20(16)26-12-4-11-25-14-19(23)24/h1-3,5-7,9,16-17,20-21H,4,8,10-14H2,(H,23,24)/b9-7+. The number of hydrogen-bond donors (Lipinski definition) is 2. The quantitative estimate of drug-likeness (QED) is 0.442. The minimum absolute atomic E-state index is 0.0281. The summed E-state index contributed by atoms with van der Waals surface area (Å²) in [5.41, 5.74) is 1.09. The van der Waals surface area contributed by atoms with Gasteiger partial charge in [0.15, 0.2) is 0 Å². The van der Waals surface area contributed by atoms with E-state index in [9.17, 15) is 14.7 Å². The maximum absolute atomic E-state index is 12.1. The predicted molar refractivity (Wildman–Crippen MR) is 109 cm³/mol. The van der Waals surface area contributed by atoms with Crippen LogP contribution in [0.3, 0.4) is 0 Å². The van der Waals surface area contributed by atoms with Crippen molar-refractivity contribution in [3.05, 3.63) is 48.0 Å². The third-order valence-electron chi connectivity index (χ3n) is 4.25. The van der Waals surface area contributed by atoms with Crippen LogP contribution in [0.2, 0.25) is 0 Å². The molecule has 0 aromatic heterocycles. The normalized spacial score (nSPS) is 21.3. The van der Waals surface area contributed by atoms with Gasteiger partial charge >= 0.3 is 5.97 Å². The number of aliphatic carboxylic acids is 1. The Morgan fingerprint density at radius 2 is 2.04 bits per heavy atom. The first kappa shape index (κ1) is 21.1. The predicted octanol–water partition coefficient (Wildman–Crippen LogP) is 3.44. The molecule has 3 atom stereocenters. The number of carbonyl (C=O) groups is 2. The maximum Gasteiger partial charge on any atom is 0.313 e. The van der Waals surface area contributed by atoms with Crippen LogP contribution in [-0.2, 0) is 16.0 Å². The highest BCUT2D eigenvalue weighted by Gasteiger charge is 2.33. The van der Waals surface area contributed by atoms with E-state index in [1.165, 1.54) is 11.8 Å². The molecule has 0 aliphatic heterocycles. The monoisotopic (exact) mass is 394 g/mol. The maximum atomic E-state index is 12.1. The minimum atomic E-state index is -0.784. The van der Waals surface area contributed by atoms with Gasteiger partial charge in [-0.2, -0.15) is 11.8 Å². The van der Waals surface area contributed by atoms with Gasteiger partial charge < -0.3 is 10.2 Å². The van der Waals surface area contributed by atoms with Gasteiger partial charge in [0.2, 0.25) is 0 Å². The highest BCUT2D eigenvalue weighted by atomic mass is 32.2. The fourth-order valence-corrected chi connectivity index (χ4v) is 5.17. The molecule has 2 N–H and O–H groups in total. The average molecular weight is 395 g/mol. The lowest BCUT2D eigenvalue weighted by molar-refractivity contribution is -0.133. The zero-order chi connectivity index (χ0) is 18.8. The van der Waals surface area contributed by atoms with Crippen LogP contribution < -0.4 is 0 Å². The topological polar surface area (TPSA) is 74.6 Å². The molecule has 1 fully saturated rings. The van der Waals surface area contributed by atoms with E-state index < -0.39 is 12.1 Å². The van der Waals surface area contributed by atoms with Gasteiger partial charge in [-0.15, -0.1) is 11.8 Å². The first-order valence-electron chi connectivity index (χ1n) is 8.90. The number of carboxylic acid groups (broad SMARTS) is 1. The summed E-state index contributed by atoms with van der Waals surface area (Å²) >= 11 is 3.09. The third-order valence-corrected chi connectivity index (χ3v) is 6.78. The van der Waals surface area contributed by atoms with Gasteiger partial charge in [-0.1, -0.05) is 42.5 Å². The Bertz CT molecular complexity index is 603. The second-order valence-corrected chi connectivity index (χ2v) is 8.76. The molecule has 26 heavy (non-hydrogen) atoms. The van der Waals surface area contributed by atoms with Crippen molar-refractivity contribution in [2.75, 3.05) is 17.3 Å². The summed E-state index contributed by atoms with van der Waals surface area (Å²) in [4.78, 5) is 22.6. The SMILES string of the molecule is O=C(O)CSCCCSC1C(=O)CCC1/C=C/C(O)Cc1ccccc1. The molecule has 1 aliphatic carbocycles. The third kappa shape index (κ3) is 7.56. The lowest BCUT2D eigenvalue weighted by atomic mass is 10.0. The Morgan fingerprint density at radius 3 is 2.77 bits per heavy atom. The van der Waals surface area contributed by atoms with Gasteiger partial charge in [-0.3, -0.25) is 9.59 Å². The number of ketones is 1. The van der Waals surface area contributed by atoms with E-state index in [-0.39, 0.29) is 16.9 Å². The lowest BCUT2D eigenvalue weighted by Gasteiger charge is -2.15. The van der Waals surface area contributed by atoms with E-state index in [0.717, 1.165) is 29.9 Å². The Balaban J connectivity index is 1.74. The van der Waals surface area contributed by atoms with Crippen LogP contribution in [0.25, 0.3) is 0 Å². The largest absolute Gasteiger partial charge is 0.481 e. The van der Waals surface area contributed by atoms with Gasteiger partial charge in [0.25, 0.3) is 0 Å². The summed E-state index contributed by atoms with van der Waals surface area (Å²) in [6.45, 7) is 0. The van der Waals surface area contributed by atoms with Crippen molar-refractivity contribution in [1.29, 1.82) is 0 Å². The molecule has 1 aromatic rings. The van der Waals surface area contributed by atoms with Gasteiger partial charge in [0, 0.05) is 12.8 Å². The van der Waals surface area contributed by atoms with Crippen LogP contribution >= 0.6 is 23.5 Å². The first-order chi connectivity index (χ1) is 12.6. The molecule has 0 bridgehead atoms. The first-order valence-corrected chi connectivity index (χ1v) is 11.1. The van der Waals surface area contributed by atoms with Gasteiger partial charge in [-0.05, 0) is 35.8 Å². The number of thioether (sulfide) groups is 2. The van der Waals surface area contributed by atoms with Crippen molar-refractivity contribution in [1.82, 2.24) is 0 Å². The summed E-state index contributed by atoms with van der Waals surface area (Å²) in [7, 11) is 0. The van der Waals surface area contributed by atoms with Crippen molar-refractivity contribution < 1.29 is 19.8 Å². The smallest absolute Gasteiger partial charge is 0.313 e. The number of allylic oxidation sites excluding steroid dienone is 1. The number of carbonyl (C=O) groups excluding carboxylic acids is 1.